The van der Waals surface area contributed by atoms with Crippen LogP contribution >= 0.6 is 0 Å². The van der Waals surface area contributed by atoms with Gasteiger partial charge in [0.25, 0.3) is 0 Å². The van der Waals surface area contributed by atoms with Crippen LogP contribution in [0, 0.1) is 11.8 Å². The number of carbonyl (C=O) groups excluding carboxylic acids is 1. The van der Waals surface area contributed by atoms with Crippen molar-refractivity contribution in [2.45, 2.75) is 72.4 Å². The summed E-state index contributed by atoms with van der Waals surface area (Å²) in [6.45, 7) is 12.3. The monoisotopic (exact) mass is 268 g/mol. The Morgan fingerprint density at radius 2 is 1.74 bits per heavy atom. The molecule has 0 aliphatic heterocycles. The smallest absolute Gasteiger partial charge is 0.239 e. The second kappa shape index (κ2) is 7.88. The van der Waals surface area contributed by atoms with Crippen molar-refractivity contribution in [1.82, 2.24) is 10.2 Å². The highest BCUT2D eigenvalue weighted by Crippen LogP contribution is 2.30. The zero-order chi connectivity index (χ0) is 14.4. The van der Waals surface area contributed by atoms with E-state index in [2.05, 4.69) is 19.2 Å². The van der Waals surface area contributed by atoms with Gasteiger partial charge >= 0.3 is 0 Å². The van der Waals surface area contributed by atoms with E-state index in [4.69, 9.17) is 0 Å². The fourth-order valence-electron chi connectivity index (χ4n) is 3.37. The summed E-state index contributed by atoms with van der Waals surface area (Å²) in [7, 11) is 0. The number of carbonyl (C=O) groups is 1. The molecule has 1 rings (SSSR count). The van der Waals surface area contributed by atoms with Gasteiger partial charge in [0.1, 0.15) is 0 Å². The van der Waals surface area contributed by atoms with Crippen LogP contribution in [0.4, 0.5) is 0 Å². The van der Waals surface area contributed by atoms with Crippen LogP contribution in [0.5, 0.6) is 0 Å². The highest BCUT2D eigenvalue weighted by atomic mass is 16.2. The molecule has 1 saturated carbocycles. The van der Waals surface area contributed by atoms with Crippen LogP contribution < -0.4 is 5.32 Å². The van der Waals surface area contributed by atoms with E-state index in [1.807, 2.05) is 25.7 Å². The molecule has 19 heavy (non-hydrogen) atoms. The summed E-state index contributed by atoms with van der Waals surface area (Å²) in [6, 6.07) is 0.465. The summed E-state index contributed by atoms with van der Waals surface area (Å²) < 4.78 is 0. The summed E-state index contributed by atoms with van der Waals surface area (Å²) in [5.41, 5.74) is 0. The van der Waals surface area contributed by atoms with Crippen LogP contribution in [0.15, 0.2) is 0 Å². The van der Waals surface area contributed by atoms with Crippen LogP contribution in [0.2, 0.25) is 0 Å². The van der Waals surface area contributed by atoms with E-state index in [9.17, 15) is 4.79 Å². The molecule has 112 valence electrons. The lowest BCUT2D eigenvalue weighted by atomic mass is 9.77. The Bertz CT molecular complexity index is 274. The van der Waals surface area contributed by atoms with E-state index in [-0.39, 0.29) is 11.9 Å². The number of hydrogen-bond donors (Lipinski definition) is 1. The van der Waals surface area contributed by atoms with E-state index < -0.39 is 0 Å². The Kier molecular flexibility index (Phi) is 6.84. The van der Waals surface area contributed by atoms with Gasteiger partial charge in [0, 0.05) is 19.1 Å². The summed E-state index contributed by atoms with van der Waals surface area (Å²) in [6.07, 6.45) is 5.17. The summed E-state index contributed by atoms with van der Waals surface area (Å²) >= 11 is 0. The Balaban J connectivity index is 2.58. The van der Waals surface area contributed by atoms with Crippen molar-refractivity contribution in [3.05, 3.63) is 0 Å². The minimum atomic E-state index is -0.0516. The maximum absolute atomic E-state index is 12.3. The van der Waals surface area contributed by atoms with Gasteiger partial charge in [0.15, 0.2) is 0 Å². The molecule has 0 aromatic heterocycles. The molecule has 0 radical (unpaired) electrons. The fraction of sp³-hybridized carbons (Fsp3) is 0.938. The molecule has 3 heteroatoms. The first-order chi connectivity index (χ1) is 9.01. The van der Waals surface area contributed by atoms with Gasteiger partial charge in [-0.1, -0.05) is 26.7 Å². The standard InChI is InChI=1S/C16H32N2O/c1-6-18(7-2)16(19)13(5)17-15-11-9-8-10-14(15)12(3)4/h12-15,17H,6-11H2,1-5H3. The Morgan fingerprint density at radius 3 is 2.26 bits per heavy atom. The molecule has 3 nitrogen and oxygen atoms in total. The van der Waals surface area contributed by atoms with E-state index >= 15 is 0 Å². The molecule has 0 bridgehead atoms. The predicted octanol–water partition coefficient (Wildman–Crippen LogP) is 3.05. The lowest BCUT2D eigenvalue weighted by molar-refractivity contribution is -0.133. The summed E-state index contributed by atoms with van der Waals surface area (Å²) in [5, 5.41) is 3.61. The first-order valence-electron chi connectivity index (χ1n) is 8.06. The maximum Gasteiger partial charge on any atom is 0.239 e. The largest absolute Gasteiger partial charge is 0.342 e. The van der Waals surface area contributed by atoms with Crippen molar-refractivity contribution in [2.24, 2.45) is 11.8 Å². The first-order valence-corrected chi connectivity index (χ1v) is 8.06. The number of nitrogens with one attached hydrogen (secondary N) is 1. The number of likely N-dealkylation sites (N-methyl/N-ethyl adjacent to an activating group) is 1. The lowest BCUT2D eigenvalue weighted by Gasteiger charge is -2.37. The van der Waals surface area contributed by atoms with Gasteiger partial charge in [-0.3, -0.25) is 4.79 Å². The zero-order valence-electron chi connectivity index (χ0n) is 13.4. The zero-order valence-corrected chi connectivity index (χ0v) is 13.4. The van der Waals surface area contributed by atoms with Gasteiger partial charge in [-0.2, -0.15) is 0 Å². The second-order valence-corrected chi connectivity index (χ2v) is 6.20. The van der Waals surface area contributed by atoms with Crippen molar-refractivity contribution >= 4 is 5.91 Å². The number of amides is 1. The number of rotatable bonds is 6. The SMILES string of the molecule is CCN(CC)C(=O)C(C)NC1CCCCC1C(C)C. The topological polar surface area (TPSA) is 32.3 Å². The van der Waals surface area contributed by atoms with E-state index in [0.717, 1.165) is 19.0 Å². The molecular weight excluding hydrogens is 236 g/mol. The molecule has 0 heterocycles. The normalized spacial score (nSPS) is 25.4. The predicted molar refractivity (Wildman–Crippen MR) is 81.1 cm³/mol. The average Bonchev–Trinajstić information content (AvgIpc) is 2.40. The molecule has 1 aliphatic rings. The van der Waals surface area contributed by atoms with E-state index in [0.29, 0.717) is 12.0 Å². The van der Waals surface area contributed by atoms with Crippen molar-refractivity contribution in [2.75, 3.05) is 13.1 Å². The molecule has 3 unspecified atom stereocenters. The molecule has 1 N–H and O–H groups in total. The third-order valence-electron chi connectivity index (χ3n) is 4.59. The molecule has 0 aromatic rings. The maximum atomic E-state index is 12.3. The summed E-state index contributed by atoms with van der Waals surface area (Å²) in [5.74, 6) is 1.67. The molecule has 0 saturated heterocycles. The quantitative estimate of drug-likeness (QED) is 0.803. The molecular formula is C16H32N2O. The third kappa shape index (κ3) is 4.48. The van der Waals surface area contributed by atoms with Gasteiger partial charge in [0.05, 0.1) is 6.04 Å². The van der Waals surface area contributed by atoms with Crippen LogP contribution in [0.1, 0.15) is 60.3 Å². The second-order valence-electron chi connectivity index (χ2n) is 6.20. The first kappa shape index (κ1) is 16.5. The highest BCUT2D eigenvalue weighted by Gasteiger charge is 2.30. The van der Waals surface area contributed by atoms with Gasteiger partial charge < -0.3 is 10.2 Å². The molecule has 0 aromatic carbocycles. The Morgan fingerprint density at radius 1 is 1.16 bits per heavy atom. The van der Waals surface area contributed by atoms with Gasteiger partial charge in [-0.25, -0.2) is 0 Å². The van der Waals surface area contributed by atoms with E-state index in [1.54, 1.807) is 0 Å². The van der Waals surface area contributed by atoms with Gasteiger partial charge in [-0.05, 0) is 45.4 Å². The Hall–Kier alpha value is -0.570. The number of hydrogen-bond acceptors (Lipinski definition) is 2. The van der Waals surface area contributed by atoms with Crippen molar-refractivity contribution < 1.29 is 4.79 Å². The lowest BCUT2D eigenvalue weighted by Crippen LogP contribution is -2.51. The molecule has 1 amide bonds. The molecule has 1 fully saturated rings. The van der Waals surface area contributed by atoms with Crippen LogP contribution in [-0.4, -0.2) is 36.0 Å². The Labute approximate surface area is 119 Å². The van der Waals surface area contributed by atoms with Crippen molar-refractivity contribution in [3.63, 3.8) is 0 Å². The molecule has 0 spiro atoms. The van der Waals surface area contributed by atoms with Crippen LogP contribution in [-0.2, 0) is 4.79 Å². The molecule has 1 aliphatic carbocycles. The highest BCUT2D eigenvalue weighted by molar-refractivity contribution is 5.81. The van der Waals surface area contributed by atoms with Crippen molar-refractivity contribution in [1.29, 1.82) is 0 Å². The van der Waals surface area contributed by atoms with E-state index in [1.165, 1.54) is 25.7 Å². The van der Waals surface area contributed by atoms with Gasteiger partial charge in [0.2, 0.25) is 5.91 Å². The average molecular weight is 268 g/mol. The minimum Gasteiger partial charge on any atom is -0.342 e. The van der Waals surface area contributed by atoms with Gasteiger partial charge in [-0.15, -0.1) is 0 Å². The third-order valence-corrected chi connectivity index (χ3v) is 4.59. The van der Waals surface area contributed by atoms with Crippen LogP contribution in [0.25, 0.3) is 0 Å². The van der Waals surface area contributed by atoms with Crippen molar-refractivity contribution in [3.8, 4) is 0 Å². The number of nitrogens with zero attached hydrogens (tertiary/aromatic N) is 1. The summed E-state index contributed by atoms with van der Waals surface area (Å²) in [4.78, 5) is 14.2. The van der Waals surface area contributed by atoms with Crippen LogP contribution in [0.3, 0.4) is 0 Å². The molecule has 3 atom stereocenters. The minimum absolute atomic E-state index is 0.0516. The fourth-order valence-corrected chi connectivity index (χ4v) is 3.37.